The third-order valence-corrected chi connectivity index (χ3v) is 10.1. The molecule has 0 radical (unpaired) electrons. The first kappa shape index (κ1) is 32.0. The molecular formula is C52H37N. The Morgan fingerprint density at radius 1 is 0.226 bits per heavy atom. The van der Waals surface area contributed by atoms with Crippen molar-refractivity contribution in [1.29, 1.82) is 0 Å². The molecule has 0 spiro atoms. The Bertz CT molecular complexity index is 2520. The Hall–Kier alpha value is -6.96. The lowest BCUT2D eigenvalue weighted by molar-refractivity contribution is 1.28. The maximum Gasteiger partial charge on any atom is 0.0462 e. The lowest BCUT2D eigenvalue weighted by atomic mass is 9.89. The molecule has 0 atom stereocenters. The van der Waals surface area contributed by atoms with E-state index in [9.17, 15) is 0 Å². The van der Waals surface area contributed by atoms with Crippen LogP contribution in [0.4, 0.5) is 17.1 Å². The van der Waals surface area contributed by atoms with Gasteiger partial charge in [-0.3, -0.25) is 0 Å². The molecule has 1 heteroatoms. The Kier molecular flexibility index (Phi) is 8.66. The monoisotopic (exact) mass is 675 g/mol. The molecule has 1 nitrogen and oxygen atoms in total. The molecule has 9 aromatic carbocycles. The molecule has 9 rings (SSSR count). The summed E-state index contributed by atoms with van der Waals surface area (Å²) in [5.74, 6) is 0. The molecule has 53 heavy (non-hydrogen) atoms. The van der Waals surface area contributed by atoms with E-state index in [1.165, 1.54) is 66.4 Å². The average molecular weight is 676 g/mol. The largest absolute Gasteiger partial charge is 0.311 e. The number of nitrogens with zero attached hydrogens (tertiary/aromatic N) is 1. The minimum atomic E-state index is 1.10. The molecule has 250 valence electrons. The SMILES string of the molecule is c1ccc(-c2ccc(N(c3ccc(-c4ccccc4)cc3)c3ccc(-c4ccc(-c5ccccc5)c(-c5cccc6ccccc56)c4)cc3)cc2)cc1. The van der Waals surface area contributed by atoms with E-state index < -0.39 is 0 Å². The molecule has 9 aromatic rings. The Balaban J connectivity index is 1.11. The van der Waals surface area contributed by atoms with Crippen molar-refractivity contribution in [2.75, 3.05) is 4.90 Å². The van der Waals surface area contributed by atoms with Crippen LogP contribution in [0.2, 0.25) is 0 Å². The van der Waals surface area contributed by atoms with Crippen LogP contribution < -0.4 is 4.90 Å². The molecule has 0 aliphatic rings. The predicted molar refractivity (Wildman–Crippen MR) is 226 cm³/mol. The van der Waals surface area contributed by atoms with Gasteiger partial charge in [0.2, 0.25) is 0 Å². The van der Waals surface area contributed by atoms with Gasteiger partial charge >= 0.3 is 0 Å². The Morgan fingerprint density at radius 2 is 0.623 bits per heavy atom. The van der Waals surface area contributed by atoms with Gasteiger partial charge in [0.25, 0.3) is 0 Å². The van der Waals surface area contributed by atoms with E-state index in [1.54, 1.807) is 0 Å². The van der Waals surface area contributed by atoms with Gasteiger partial charge in [-0.05, 0) is 109 Å². The van der Waals surface area contributed by atoms with Gasteiger partial charge in [-0.1, -0.05) is 182 Å². The first-order valence-electron chi connectivity index (χ1n) is 18.2. The second-order valence-corrected chi connectivity index (χ2v) is 13.4. The first-order chi connectivity index (χ1) is 26.3. The maximum atomic E-state index is 2.36. The number of benzene rings is 9. The van der Waals surface area contributed by atoms with Crippen LogP contribution in [0.15, 0.2) is 224 Å². The zero-order valence-corrected chi connectivity index (χ0v) is 29.3. The maximum absolute atomic E-state index is 2.36. The van der Waals surface area contributed by atoms with Crippen LogP contribution in [-0.4, -0.2) is 0 Å². The lowest BCUT2D eigenvalue weighted by Crippen LogP contribution is -2.09. The minimum Gasteiger partial charge on any atom is -0.311 e. The molecule has 0 saturated carbocycles. The van der Waals surface area contributed by atoms with E-state index in [-0.39, 0.29) is 0 Å². The molecule has 0 aromatic heterocycles. The van der Waals surface area contributed by atoms with E-state index in [0.717, 1.165) is 17.1 Å². The molecule has 0 bridgehead atoms. The zero-order chi connectivity index (χ0) is 35.4. The normalized spacial score (nSPS) is 11.0. The number of anilines is 3. The summed E-state index contributed by atoms with van der Waals surface area (Å²) in [4.78, 5) is 2.34. The van der Waals surface area contributed by atoms with Crippen molar-refractivity contribution in [3.63, 3.8) is 0 Å². The number of hydrogen-bond donors (Lipinski definition) is 0. The van der Waals surface area contributed by atoms with Crippen molar-refractivity contribution < 1.29 is 0 Å². The molecular weight excluding hydrogens is 639 g/mol. The van der Waals surface area contributed by atoms with Gasteiger partial charge in [0, 0.05) is 17.1 Å². The smallest absolute Gasteiger partial charge is 0.0462 e. The van der Waals surface area contributed by atoms with Crippen molar-refractivity contribution in [2.45, 2.75) is 0 Å². The fraction of sp³-hybridized carbons (Fsp3) is 0. The summed E-state index contributed by atoms with van der Waals surface area (Å²) in [5.41, 5.74) is 15.4. The van der Waals surface area contributed by atoms with Crippen molar-refractivity contribution in [3.8, 4) is 55.6 Å². The predicted octanol–water partition coefficient (Wildman–Crippen LogP) is 14.6. The highest BCUT2D eigenvalue weighted by molar-refractivity contribution is 6.01. The topological polar surface area (TPSA) is 3.24 Å². The van der Waals surface area contributed by atoms with Crippen molar-refractivity contribution in [2.24, 2.45) is 0 Å². The third-order valence-electron chi connectivity index (χ3n) is 10.1. The van der Waals surface area contributed by atoms with Crippen molar-refractivity contribution in [1.82, 2.24) is 0 Å². The summed E-state index contributed by atoms with van der Waals surface area (Å²) in [5, 5.41) is 2.50. The molecule has 0 N–H and O–H groups in total. The minimum absolute atomic E-state index is 1.10. The summed E-state index contributed by atoms with van der Waals surface area (Å²) in [6.07, 6.45) is 0. The van der Waals surface area contributed by atoms with Gasteiger partial charge in [0.1, 0.15) is 0 Å². The highest BCUT2D eigenvalue weighted by Gasteiger charge is 2.16. The number of hydrogen-bond acceptors (Lipinski definition) is 1. The molecule has 0 unspecified atom stereocenters. The zero-order valence-electron chi connectivity index (χ0n) is 29.3. The van der Waals surface area contributed by atoms with Crippen LogP contribution in [0.5, 0.6) is 0 Å². The highest BCUT2D eigenvalue weighted by atomic mass is 15.1. The van der Waals surface area contributed by atoms with Crippen molar-refractivity contribution in [3.05, 3.63) is 224 Å². The van der Waals surface area contributed by atoms with Gasteiger partial charge in [-0.2, -0.15) is 0 Å². The first-order valence-corrected chi connectivity index (χ1v) is 18.2. The van der Waals surface area contributed by atoms with E-state index in [2.05, 4.69) is 229 Å². The van der Waals surface area contributed by atoms with Crippen LogP contribution in [0, 0.1) is 0 Å². The highest BCUT2D eigenvalue weighted by Crippen LogP contribution is 2.41. The second-order valence-electron chi connectivity index (χ2n) is 13.4. The van der Waals surface area contributed by atoms with Gasteiger partial charge in [0.15, 0.2) is 0 Å². The van der Waals surface area contributed by atoms with Crippen LogP contribution in [-0.2, 0) is 0 Å². The third kappa shape index (κ3) is 6.53. The van der Waals surface area contributed by atoms with Gasteiger partial charge in [-0.25, -0.2) is 0 Å². The summed E-state index contributed by atoms with van der Waals surface area (Å²) in [7, 11) is 0. The van der Waals surface area contributed by atoms with Crippen LogP contribution in [0.3, 0.4) is 0 Å². The van der Waals surface area contributed by atoms with Gasteiger partial charge < -0.3 is 4.90 Å². The Morgan fingerprint density at radius 3 is 1.15 bits per heavy atom. The van der Waals surface area contributed by atoms with E-state index in [1.807, 2.05) is 0 Å². The molecule has 0 fully saturated rings. The Labute approximate surface area is 311 Å². The fourth-order valence-electron chi connectivity index (χ4n) is 7.39. The van der Waals surface area contributed by atoms with Crippen LogP contribution >= 0.6 is 0 Å². The molecule has 0 aliphatic carbocycles. The van der Waals surface area contributed by atoms with Crippen LogP contribution in [0.25, 0.3) is 66.4 Å². The molecule has 0 amide bonds. The van der Waals surface area contributed by atoms with Gasteiger partial charge in [0.05, 0.1) is 0 Å². The fourth-order valence-corrected chi connectivity index (χ4v) is 7.39. The molecule has 0 saturated heterocycles. The summed E-state index contributed by atoms with van der Waals surface area (Å²) < 4.78 is 0. The molecule has 0 heterocycles. The van der Waals surface area contributed by atoms with Crippen molar-refractivity contribution >= 4 is 27.8 Å². The standard InChI is InChI=1S/C52H37N/c1-4-13-38(14-5-1)40-23-30-46(31-24-40)53(47-32-25-41(26-33-47)39-15-6-2-7-16-39)48-34-27-42(28-35-48)45-29-36-50(43-17-8-3-9-18-43)52(37-45)51-22-12-20-44-19-10-11-21-49(44)51/h1-37H. The lowest BCUT2D eigenvalue weighted by Gasteiger charge is -2.26. The van der Waals surface area contributed by atoms with E-state index >= 15 is 0 Å². The van der Waals surface area contributed by atoms with Gasteiger partial charge in [-0.15, -0.1) is 0 Å². The number of fused-ring (bicyclic) bond motifs is 1. The quantitative estimate of drug-likeness (QED) is 0.155. The summed E-state index contributed by atoms with van der Waals surface area (Å²) in [6.45, 7) is 0. The summed E-state index contributed by atoms with van der Waals surface area (Å²) in [6, 6.07) is 80.8. The number of rotatable bonds is 8. The van der Waals surface area contributed by atoms with E-state index in [0.29, 0.717) is 0 Å². The summed E-state index contributed by atoms with van der Waals surface area (Å²) >= 11 is 0. The molecule has 0 aliphatic heterocycles. The van der Waals surface area contributed by atoms with E-state index in [4.69, 9.17) is 0 Å². The average Bonchev–Trinajstić information content (AvgIpc) is 3.25. The second kappa shape index (κ2) is 14.3. The van der Waals surface area contributed by atoms with Crippen LogP contribution in [0.1, 0.15) is 0 Å².